The Labute approximate surface area is 262 Å². The van der Waals surface area contributed by atoms with E-state index < -0.39 is 6.36 Å². The van der Waals surface area contributed by atoms with Crippen LogP contribution in [0, 0.1) is 6.92 Å². The van der Waals surface area contributed by atoms with Crippen molar-refractivity contribution in [2.24, 2.45) is 0 Å². The van der Waals surface area contributed by atoms with Gasteiger partial charge in [-0.05, 0) is 66.1 Å². The summed E-state index contributed by atoms with van der Waals surface area (Å²) in [6.45, 7) is 3.01. The highest BCUT2D eigenvalue weighted by molar-refractivity contribution is 6.09. The van der Waals surface area contributed by atoms with Gasteiger partial charge in [-0.3, -0.25) is 4.79 Å². The van der Waals surface area contributed by atoms with Crippen LogP contribution < -0.4 is 29.6 Å². The van der Waals surface area contributed by atoms with Crippen LogP contribution in [0.15, 0.2) is 84.9 Å². The molecule has 3 amide bonds. The lowest BCUT2D eigenvalue weighted by atomic mass is 9.94. The zero-order valence-electron chi connectivity index (χ0n) is 24.7. The summed E-state index contributed by atoms with van der Waals surface area (Å²) in [5.74, 6) is 1.09. The van der Waals surface area contributed by atoms with Gasteiger partial charge in [-0.2, -0.15) is 0 Å². The smallest absolute Gasteiger partial charge is 0.490 e. The fraction of sp³-hybridized carbons (Fsp3) is 0.235. The minimum atomic E-state index is -4.79. The summed E-state index contributed by atoms with van der Waals surface area (Å²) in [5.41, 5.74) is 3.46. The highest BCUT2D eigenvalue weighted by atomic mass is 19.4. The lowest BCUT2D eigenvalue weighted by Crippen LogP contribution is -2.43. The third kappa shape index (κ3) is 7.28. The van der Waals surface area contributed by atoms with Gasteiger partial charge in [-0.1, -0.05) is 30.3 Å². The minimum absolute atomic E-state index is 0.117. The van der Waals surface area contributed by atoms with E-state index in [0.29, 0.717) is 71.2 Å². The minimum Gasteiger partial charge on any atom is -0.490 e. The molecule has 4 aromatic rings. The summed E-state index contributed by atoms with van der Waals surface area (Å²) in [6.07, 6.45) is -3.65. The molecule has 1 fully saturated rings. The summed E-state index contributed by atoms with van der Waals surface area (Å²) in [6, 6.07) is 22.7. The molecule has 0 bridgehead atoms. The maximum absolute atomic E-state index is 13.4. The van der Waals surface area contributed by atoms with Crippen molar-refractivity contribution in [3.05, 3.63) is 96.1 Å². The van der Waals surface area contributed by atoms with Gasteiger partial charge in [0.25, 0.3) is 5.91 Å². The number of hydrogen-bond acceptors (Lipinski definition) is 6. The number of carbonyl (C=O) groups excluding carboxylic acids is 2. The van der Waals surface area contributed by atoms with Gasteiger partial charge in [0.2, 0.25) is 6.79 Å². The van der Waals surface area contributed by atoms with Gasteiger partial charge >= 0.3 is 12.4 Å². The Kier molecular flexibility index (Phi) is 8.60. The molecule has 9 nitrogen and oxygen atoms in total. The molecule has 2 N–H and O–H groups in total. The Hall–Kier alpha value is -5.39. The van der Waals surface area contributed by atoms with Crippen LogP contribution in [0.1, 0.15) is 28.8 Å². The number of hydrogen-bond donors (Lipinski definition) is 2. The number of rotatable bonds is 7. The normalized spacial score (nSPS) is 14.5. The number of anilines is 2. The number of halogens is 3. The topological polar surface area (TPSA) is 98.4 Å². The number of likely N-dealkylation sites (tertiary alicyclic amines) is 1. The van der Waals surface area contributed by atoms with E-state index in [2.05, 4.69) is 15.4 Å². The molecule has 0 atom stereocenters. The van der Waals surface area contributed by atoms with Crippen LogP contribution in [0.3, 0.4) is 0 Å². The Balaban J connectivity index is 1.05. The van der Waals surface area contributed by atoms with E-state index in [0.717, 1.165) is 5.56 Å². The van der Waals surface area contributed by atoms with Crippen molar-refractivity contribution in [1.82, 2.24) is 4.90 Å². The van der Waals surface area contributed by atoms with Crippen molar-refractivity contribution in [3.8, 4) is 34.1 Å². The molecular weight excluding hydrogens is 603 g/mol. The van der Waals surface area contributed by atoms with Crippen LogP contribution in [0.4, 0.5) is 29.3 Å². The van der Waals surface area contributed by atoms with E-state index in [1.165, 1.54) is 24.3 Å². The lowest BCUT2D eigenvalue weighted by Gasteiger charge is -2.32. The SMILES string of the molecule is Cc1cccc(C(=O)Nc2cccc(OC3CCN(C(=O)Nc4ccc5c(c4)OCO5)CC3)c2)c1-c1ccc(OC(F)(F)F)cc1. The van der Waals surface area contributed by atoms with Crippen molar-refractivity contribution < 1.29 is 41.7 Å². The highest BCUT2D eigenvalue weighted by Crippen LogP contribution is 2.35. The first-order valence-corrected chi connectivity index (χ1v) is 14.6. The number of nitrogens with zero attached hydrogens (tertiary/aromatic N) is 1. The average Bonchev–Trinajstić information content (AvgIpc) is 3.49. The molecule has 2 heterocycles. The molecule has 2 aliphatic heterocycles. The number of piperidine rings is 1. The Bertz CT molecular complexity index is 1740. The molecule has 1 saturated heterocycles. The van der Waals surface area contributed by atoms with Gasteiger partial charge in [-0.25, -0.2) is 4.79 Å². The monoisotopic (exact) mass is 633 g/mol. The van der Waals surface area contributed by atoms with Gasteiger partial charge in [0, 0.05) is 55.0 Å². The zero-order chi connectivity index (χ0) is 32.3. The van der Waals surface area contributed by atoms with E-state index in [9.17, 15) is 22.8 Å². The van der Waals surface area contributed by atoms with Gasteiger partial charge < -0.3 is 34.5 Å². The molecule has 2 aliphatic rings. The molecule has 0 radical (unpaired) electrons. The second-order valence-electron chi connectivity index (χ2n) is 10.9. The first kappa shape index (κ1) is 30.6. The molecule has 0 spiro atoms. The molecule has 0 unspecified atom stereocenters. The molecule has 0 saturated carbocycles. The fourth-order valence-electron chi connectivity index (χ4n) is 5.46. The van der Waals surface area contributed by atoms with Gasteiger partial charge in [0.15, 0.2) is 11.5 Å². The number of aryl methyl sites for hydroxylation is 1. The Morgan fingerprint density at radius 2 is 1.54 bits per heavy atom. The van der Waals surface area contributed by atoms with Gasteiger partial charge in [0.1, 0.15) is 17.6 Å². The molecule has 0 aromatic heterocycles. The second kappa shape index (κ2) is 12.9. The molecule has 4 aromatic carbocycles. The number of urea groups is 1. The number of nitrogens with one attached hydrogen (secondary N) is 2. The fourth-order valence-corrected chi connectivity index (χ4v) is 5.46. The first-order valence-electron chi connectivity index (χ1n) is 14.6. The van der Waals surface area contributed by atoms with Gasteiger partial charge in [0.05, 0.1) is 0 Å². The number of amides is 3. The van der Waals surface area contributed by atoms with Crippen LogP contribution >= 0.6 is 0 Å². The van der Waals surface area contributed by atoms with Crippen LogP contribution in [0.2, 0.25) is 0 Å². The van der Waals surface area contributed by atoms with E-state index in [1.54, 1.807) is 59.5 Å². The summed E-state index contributed by atoms with van der Waals surface area (Å²) in [5, 5.41) is 5.80. The predicted molar refractivity (Wildman–Crippen MR) is 164 cm³/mol. The number of alkyl halides is 3. The van der Waals surface area contributed by atoms with Crippen LogP contribution in [0.5, 0.6) is 23.0 Å². The Morgan fingerprint density at radius 3 is 2.30 bits per heavy atom. The lowest BCUT2D eigenvalue weighted by molar-refractivity contribution is -0.274. The molecule has 238 valence electrons. The van der Waals surface area contributed by atoms with E-state index in [4.69, 9.17) is 14.2 Å². The maximum Gasteiger partial charge on any atom is 0.573 e. The van der Waals surface area contributed by atoms with Crippen molar-refractivity contribution in [3.63, 3.8) is 0 Å². The highest BCUT2D eigenvalue weighted by Gasteiger charge is 2.31. The third-order valence-electron chi connectivity index (χ3n) is 7.64. The second-order valence-corrected chi connectivity index (χ2v) is 10.9. The Morgan fingerprint density at radius 1 is 0.826 bits per heavy atom. The van der Waals surface area contributed by atoms with E-state index in [1.807, 2.05) is 13.0 Å². The largest absolute Gasteiger partial charge is 0.573 e. The third-order valence-corrected chi connectivity index (χ3v) is 7.64. The summed E-state index contributed by atoms with van der Waals surface area (Å²) < 4.78 is 58.7. The van der Waals surface area contributed by atoms with Crippen molar-refractivity contribution in [2.75, 3.05) is 30.5 Å². The van der Waals surface area contributed by atoms with E-state index in [-0.39, 0.29) is 30.6 Å². The maximum atomic E-state index is 13.4. The number of carbonyl (C=O) groups is 2. The number of fused-ring (bicyclic) bond motifs is 1. The van der Waals surface area contributed by atoms with Crippen molar-refractivity contribution in [1.29, 1.82) is 0 Å². The number of benzene rings is 4. The average molecular weight is 634 g/mol. The summed E-state index contributed by atoms with van der Waals surface area (Å²) in [4.78, 5) is 28.0. The van der Waals surface area contributed by atoms with Crippen LogP contribution in [-0.2, 0) is 0 Å². The quantitative estimate of drug-likeness (QED) is 0.217. The standard InChI is InChI=1S/C34H30F3N3O6/c1-21-4-2-7-28(31(21)22-8-11-26(12-9-22)46-34(35,36)37)32(41)38-23-5-3-6-27(18-23)45-25-14-16-40(17-15-25)33(42)39-24-10-13-29-30(19-24)44-20-43-29/h2-13,18-19,25H,14-17,20H2,1H3,(H,38,41)(H,39,42). The first-order chi connectivity index (χ1) is 22.1. The molecule has 12 heteroatoms. The molecule has 0 aliphatic carbocycles. The van der Waals surface area contributed by atoms with Crippen LogP contribution in [-0.4, -0.2) is 49.2 Å². The number of ether oxygens (including phenoxy) is 4. The van der Waals surface area contributed by atoms with Crippen LogP contribution in [0.25, 0.3) is 11.1 Å². The zero-order valence-corrected chi connectivity index (χ0v) is 24.7. The van der Waals surface area contributed by atoms with Crippen molar-refractivity contribution in [2.45, 2.75) is 32.2 Å². The molecular formula is C34H30F3N3O6. The summed E-state index contributed by atoms with van der Waals surface area (Å²) in [7, 11) is 0. The summed E-state index contributed by atoms with van der Waals surface area (Å²) >= 11 is 0. The molecule has 46 heavy (non-hydrogen) atoms. The van der Waals surface area contributed by atoms with E-state index >= 15 is 0 Å². The predicted octanol–water partition coefficient (Wildman–Crippen LogP) is 7.62. The molecule has 6 rings (SSSR count). The van der Waals surface area contributed by atoms with Crippen molar-refractivity contribution >= 4 is 23.3 Å². The van der Waals surface area contributed by atoms with Gasteiger partial charge in [-0.15, -0.1) is 13.2 Å².